The van der Waals surface area contributed by atoms with Gasteiger partial charge in [-0.15, -0.1) is 0 Å². The molecule has 0 amide bonds. The monoisotopic (exact) mass is 479 g/mol. The van der Waals surface area contributed by atoms with Crippen molar-refractivity contribution in [2.24, 2.45) is 0 Å². The molecule has 33 heavy (non-hydrogen) atoms. The number of nitrogens with zero attached hydrogens (tertiary/aromatic N) is 2. The average molecular weight is 480 g/mol. The molecule has 2 rings (SSSR count). The highest BCUT2D eigenvalue weighted by Gasteiger charge is 2.23. The van der Waals surface area contributed by atoms with Gasteiger partial charge in [-0.1, -0.05) is 50.1 Å². The molecule has 11 heteroatoms. The Hall–Kier alpha value is -3.02. The van der Waals surface area contributed by atoms with Crippen LogP contribution in [0, 0.1) is 10.1 Å². The second-order valence-corrected chi connectivity index (χ2v) is 9.52. The number of aryl methyl sites for hydroxylation is 1. The van der Waals surface area contributed by atoms with Crippen LogP contribution in [0.3, 0.4) is 0 Å². The first-order valence-electron chi connectivity index (χ1n) is 10.5. The first-order valence-corrected chi connectivity index (χ1v) is 12.4. The quantitative estimate of drug-likeness (QED) is 0.292. The van der Waals surface area contributed by atoms with Gasteiger partial charge in [-0.05, 0) is 30.5 Å². The fourth-order valence-corrected chi connectivity index (χ4v) is 4.24. The molecular formula is C22H29N3O7S. The molecule has 10 nitrogen and oxygen atoms in total. The van der Waals surface area contributed by atoms with Gasteiger partial charge in [-0.2, -0.15) is 0 Å². The summed E-state index contributed by atoms with van der Waals surface area (Å²) < 4.78 is 25.9. The lowest BCUT2D eigenvalue weighted by Crippen LogP contribution is -2.42. The lowest BCUT2D eigenvalue weighted by molar-refractivity contribution is -0.386. The maximum absolute atomic E-state index is 12.5. The highest BCUT2D eigenvalue weighted by molar-refractivity contribution is 7.92. The average Bonchev–Trinajstić information content (AvgIpc) is 2.75. The smallest absolute Gasteiger partial charge is 0.303 e. The van der Waals surface area contributed by atoms with Crippen LogP contribution >= 0.6 is 0 Å². The van der Waals surface area contributed by atoms with Gasteiger partial charge >= 0.3 is 5.97 Å². The number of hydrogen-bond donors (Lipinski definition) is 3. The summed E-state index contributed by atoms with van der Waals surface area (Å²) in [6.07, 6.45) is 2.25. The SMILES string of the molecule is CCCCC(O)c1cccc(N(NCc2cccc(CCC(=O)O)c2[N+](=O)[O-])S(C)(=O)=O)c1. The number of aliphatic hydroxyl groups excluding tert-OH is 1. The van der Waals surface area contributed by atoms with E-state index in [4.69, 9.17) is 5.11 Å². The molecule has 0 aromatic heterocycles. The molecule has 0 bridgehead atoms. The maximum atomic E-state index is 12.5. The Morgan fingerprint density at radius 1 is 1.21 bits per heavy atom. The van der Waals surface area contributed by atoms with Gasteiger partial charge < -0.3 is 10.2 Å². The maximum Gasteiger partial charge on any atom is 0.303 e. The number of nitro groups is 1. The molecule has 0 radical (unpaired) electrons. The molecule has 1 atom stereocenters. The molecular weight excluding hydrogens is 450 g/mol. The predicted octanol–water partition coefficient (Wildman–Crippen LogP) is 3.31. The van der Waals surface area contributed by atoms with Crippen LogP contribution in [0.1, 0.15) is 55.4 Å². The molecule has 0 fully saturated rings. The Bertz CT molecular complexity index is 1090. The van der Waals surface area contributed by atoms with E-state index in [-0.39, 0.29) is 41.9 Å². The molecule has 1 unspecified atom stereocenters. The molecule has 0 aliphatic heterocycles. The number of nitro benzene ring substituents is 1. The zero-order valence-electron chi connectivity index (χ0n) is 18.6. The lowest BCUT2D eigenvalue weighted by Gasteiger charge is -2.24. The molecule has 0 spiro atoms. The van der Waals surface area contributed by atoms with Gasteiger partial charge in [-0.3, -0.25) is 14.9 Å². The summed E-state index contributed by atoms with van der Waals surface area (Å²) in [5.41, 5.74) is 3.79. The number of para-hydroxylation sites is 1. The number of hydrogen-bond acceptors (Lipinski definition) is 7. The summed E-state index contributed by atoms with van der Waals surface area (Å²) in [5.74, 6) is -1.07. The summed E-state index contributed by atoms with van der Waals surface area (Å²) in [7, 11) is -3.82. The van der Waals surface area contributed by atoms with Gasteiger partial charge in [0, 0.05) is 24.1 Å². The first kappa shape index (κ1) is 26.2. The third kappa shape index (κ3) is 7.52. The Labute approximate surface area is 193 Å². The number of benzene rings is 2. The first-order chi connectivity index (χ1) is 15.5. The van der Waals surface area contributed by atoms with Crippen LogP contribution in [0.5, 0.6) is 0 Å². The van der Waals surface area contributed by atoms with Gasteiger partial charge in [0.2, 0.25) is 10.0 Å². The van der Waals surface area contributed by atoms with E-state index in [2.05, 4.69) is 5.43 Å². The van der Waals surface area contributed by atoms with Crippen molar-refractivity contribution in [1.29, 1.82) is 0 Å². The van der Waals surface area contributed by atoms with E-state index in [1.807, 2.05) is 6.92 Å². The zero-order chi connectivity index (χ0) is 24.6. The standard InChI is InChI=1S/C22H29N3O7S/c1-3-4-11-20(26)17-8-6-10-19(14-17)24(33(2,31)32)23-15-18-9-5-7-16(12-13-21(27)28)22(18)25(29)30/h5-10,14,20,23,26H,3-4,11-13,15H2,1-2H3,(H,27,28). The number of sulfonamides is 1. The van der Waals surface area contributed by atoms with Crippen molar-refractivity contribution in [2.75, 3.05) is 10.7 Å². The number of aliphatic carboxylic acids is 1. The van der Waals surface area contributed by atoms with Crippen LogP contribution in [0.2, 0.25) is 0 Å². The summed E-state index contributed by atoms with van der Waals surface area (Å²) in [6.45, 7) is 1.82. The number of aliphatic hydroxyl groups is 1. The zero-order valence-corrected chi connectivity index (χ0v) is 19.4. The third-order valence-electron chi connectivity index (χ3n) is 5.06. The van der Waals surface area contributed by atoms with Gasteiger partial charge in [0.15, 0.2) is 0 Å². The number of carboxylic acid groups (broad SMARTS) is 1. The topological polar surface area (TPSA) is 150 Å². The Balaban J connectivity index is 2.33. The summed E-state index contributed by atoms with van der Waals surface area (Å²) >= 11 is 0. The van der Waals surface area contributed by atoms with Crippen LogP contribution < -0.4 is 9.84 Å². The van der Waals surface area contributed by atoms with E-state index in [1.54, 1.807) is 30.3 Å². The number of carboxylic acids is 1. The lowest BCUT2D eigenvalue weighted by atomic mass is 10.0. The van der Waals surface area contributed by atoms with Crippen molar-refractivity contribution in [3.63, 3.8) is 0 Å². The van der Waals surface area contributed by atoms with Crippen LogP contribution in [0.25, 0.3) is 0 Å². The highest BCUT2D eigenvalue weighted by Crippen LogP contribution is 2.27. The third-order valence-corrected chi connectivity index (χ3v) is 6.06. The number of anilines is 1. The Morgan fingerprint density at radius 2 is 1.88 bits per heavy atom. The number of hydrazine groups is 1. The Morgan fingerprint density at radius 3 is 2.48 bits per heavy atom. The van der Waals surface area contributed by atoms with Crippen LogP contribution in [0.4, 0.5) is 11.4 Å². The van der Waals surface area contributed by atoms with E-state index in [1.165, 1.54) is 12.1 Å². The summed E-state index contributed by atoms with van der Waals surface area (Å²) in [5, 5.41) is 31.0. The highest BCUT2D eigenvalue weighted by atomic mass is 32.2. The fraction of sp³-hybridized carbons (Fsp3) is 0.409. The van der Waals surface area contributed by atoms with Gasteiger partial charge in [-0.25, -0.2) is 18.3 Å². The van der Waals surface area contributed by atoms with E-state index in [0.717, 1.165) is 23.5 Å². The minimum absolute atomic E-state index is 0.0209. The minimum Gasteiger partial charge on any atom is -0.481 e. The predicted molar refractivity (Wildman–Crippen MR) is 124 cm³/mol. The van der Waals surface area contributed by atoms with Crippen molar-refractivity contribution >= 4 is 27.4 Å². The van der Waals surface area contributed by atoms with E-state index >= 15 is 0 Å². The molecule has 0 aliphatic rings. The van der Waals surface area contributed by atoms with E-state index in [0.29, 0.717) is 12.0 Å². The molecule has 0 heterocycles. The van der Waals surface area contributed by atoms with Crippen LogP contribution in [0.15, 0.2) is 42.5 Å². The molecule has 2 aromatic rings. The van der Waals surface area contributed by atoms with Gasteiger partial charge in [0.1, 0.15) is 0 Å². The molecule has 0 aliphatic carbocycles. The van der Waals surface area contributed by atoms with E-state index < -0.39 is 27.0 Å². The van der Waals surface area contributed by atoms with Crippen molar-refractivity contribution in [2.45, 2.75) is 51.7 Å². The number of unbranched alkanes of at least 4 members (excludes halogenated alkanes) is 1. The number of rotatable bonds is 13. The van der Waals surface area contributed by atoms with Crippen molar-refractivity contribution in [3.8, 4) is 0 Å². The normalized spacial score (nSPS) is 12.3. The van der Waals surface area contributed by atoms with Crippen molar-refractivity contribution in [1.82, 2.24) is 5.43 Å². The summed E-state index contributed by atoms with van der Waals surface area (Å²) in [6, 6.07) is 11.0. The van der Waals surface area contributed by atoms with Gasteiger partial charge in [0.05, 0.1) is 23.0 Å². The molecule has 0 saturated carbocycles. The Kier molecular flexibility index (Phi) is 9.32. The largest absolute Gasteiger partial charge is 0.481 e. The fourth-order valence-electron chi connectivity index (χ4n) is 3.44. The van der Waals surface area contributed by atoms with Crippen LogP contribution in [-0.2, 0) is 27.8 Å². The minimum atomic E-state index is -3.82. The van der Waals surface area contributed by atoms with Crippen molar-refractivity contribution in [3.05, 3.63) is 69.3 Å². The molecule has 180 valence electrons. The second kappa shape index (κ2) is 11.7. The van der Waals surface area contributed by atoms with Crippen LogP contribution in [-0.4, -0.2) is 35.8 Å². The molecule has 2 aromatic carbocycles. The van der Waals surface area contributed by atoms with E-state index in [9.17, 15) is 28.4 Å². The number of nitrogens with one attached hydrogen (secondary N) is 1. The van der Waals surface area contributed by atoms with Gasteiger partial charge in [0.25, 0.3) is 5.69 Å². The molecule has 0 saturated heterocycles. The second-order valence-electron chi connectivity index (χ2n) is 7.69. The molecule has 3 N–H and O–H groups in total. The van der Waals surface area contributed by atoms with Crippen molar-refractivity contribution < 1.29 is 28.3 Å². The number of carbonyl (C=O) groups is 1. The summed E-state index contributed by atoms with van der Waals surface area (Å²) in [4.78, 5) is 22.0.